The maximum atomic E-state index is 11.7. The summed E-state index contributed by atoms with van der Waals surface area (Å²) < 4.78 is 9.99. The molecule has 0 aliphatic heterocycles. The van der Waals surface area contributed by atoms with Crippen molar-refractivity contribution in [2.45, 2.75) is 13.5 Å². The van der Waals surface area contributed by atoms with E-state index >= 15 is 0 Å². The lowest BCUT2D eigenvalue weighted by Gasteiger charge is -2.03. The number of hydrogen-bond donors (Lipinski definition) is 2. The van der Waals surface area contributed by atoms with Crippen LogP contribution in [0.4, 0.5) is 5.13 Å². The van der Waals surface area contributed by atoms with Crippen molar-refractivity contribution in [3.8, 4) is 10.6 Å². The van der Waals surface area contributed by atoms with Gasteiger partial charge in [-0.3, -0.25) is 14.9 Å². The summed E-state index contributed by atoms with van der Waals surface area (Å²) in [7, 11) is 1.58. The lowest BCUT2D eigenvalue weighted by atomic mass is 10.3. The summed E-state index contributed by atoms with van der Waals surface area (Å²) >= 11 is 2.92. The standard InChI is InChI=1S/C15H19N3O4S2/c1-10(19)16-7-11-3-4-13(24-11)12-9-23-15(17-12)18-14(20)8-22-6-5-21-2/h3-4,9H,5-8H2,1-2H3,(H,16,19)(H,17,18,20). The zero-order chi connectivity index (χ0) is 17.4. The summed E-state index contributed by atoms with van der Waals surface area (Å²) in [5, 5.41) is 7.88. The smallest absolute Gasteiger partial charge is 0.252 e. The number of ether oxygens (including phenoxy) is 2. The molecule has 9 heteroatoms. The normalized spacial score (nSPS) is 10.6. The number of anilines is 1. The van der Waals surface area contributed by atoms with Crippen molar-refractivity contribution in [2.24, 2.45) is 0 Å². The van der Waals surface area contributed by atoms with Gasteiger partial charge in [0.25, 0.3) is 5.91 Å². The maximum absolute atomic E-state index is 11.7. The molecule has 2 N–H and O–H groups in total. The van der Waals surface area contributed by atoms with Gasteiger partial charge in [-0.05, 0) is 12.1 Å². The molecule has 2 aromatic rings. The van der Waals surface area contributed by atoms with Crippen molar-refractivity contribution < 1.29 is 19.1 Å². The Balaban J connectivity index is 1.86. The minimum absolute atomic E-state index is 0.0296. The van der Waals surface area contributed by atoms with Crippen LogP contribution in [0.15, 0.2) is 17.5 Å². The van der Waals surface area contributed by atoms with Crippen LogP contribution in [-0.2, 0) is 25.6 Å². The molecule has 0 bridgehead atoms. The Morgan fingerprint density at radius 2 is 2.12 bits per heavy atom. The van der Waals surface area contributed by atoms with Gasteiger partial charge in [-0.2, -0.15) is 0 Å². The van der Waals surface area contributed by atoms with Crippen molar-refractivity contribution in [2.75, 3.05) is 32.2 Å². The first-order valence-corrected chi connectivity index (χ1v) is 8.93. The fourth-order valence-electron chi connectivity index (χ4n) is 1.73. The lowest BCUT2D eigenvalue weighted by molar-refractivity contribution is -0.121. The van der Waals surface area contributed by atoms with Crippen LogP contribution in [0.5, 0.6) is 0 Å². The average Bonchev–Trinajstić information content (AvgIpc) is 3.18. The van der Waals surface area contributed by atoms with Gasteiger partial charge in [-0.15, -0.1) is 22.7 Å². The monoisotopic (exact) mass is 369 g/mol. The molecular formula is C15H19N3O4S2. The van der Waals surface area contributed by atoms with Gasteiger partial charge < -0.3 is 14.8 Å². The second kappa shape index (κ2) is 9.48. The van der Waals surface area contributed by atoms with Gasteiger partial charge >= 0.3 is 0 Å². The van der Waals surface area contributed by atoms with Crippen molar-refractivity contribution in [1.29, 1.82) is 0 Å². The SMILES string of the molecule is COCCOCC(=O)Nc1nc(-c2ccc(CNC(C)=O)s2)cs1. The predicted molar refractivity (Wildman–Crippen MR) is 94.3 cm³/mol. The Kier molecular flexibility index (Phi) is 7.32. The number of nitrogens with zero attached hydrogens (tertiary/aromatic N) is 1. The molecule has 0 fully saturated rings. The van der Waals surface area contributed by atoms with Crippen LogP contribution < -0.4 is 10.6 Å². The third kappa shape index (κ3) is 6.00. The quantitative estimate of drug-likeness (QED) is 0.661. The topological polar surface area (TPSA) is 89.6 Å². The third-order valence-electron chi connectivity index (χ3n) is 2.84. The number of amides is 2. The van der Waals surface area contributed by atoms with Crippen LogP contribution in [0.25, 0.3) is 10.6 Å². The largest absolute Gasteiger partial charge is 0.382 e. The number of carbonyl (C=O) groups excluding carboxylic acids is 2. The molecule has 0 radical (unpaired) electrons. The Labute approximate surface area is 148 Å². The zero-order valence-electron chi connectivity index (χ0n) is 13.5. The number of aromatic nitrogens is 1. The molecule has 0 spiro atoms. The van der Waals surface area contributed by atoms with E-state index in [9.17, 15) is 9.59 Å². The van der Waals surface area contributed by atoms with Gasteiger partial charge in [0.2, 0.25) is 5.91 Å². The minimum Gasteiger partial charge on any atom is -0.382 e. The van der Waals surface area contributed by atoms with Gasteiger partial charge in [0.05, 0.1) is 30.3 Å². The first-order chi connectivity index (χ1) is 11.6. The second-order valence-corrected chi connectivity index (χ2v) is 6.83. The van der Waals surface area contributed by atoms with E-state index in [0.29, 0.717) is 24.9 Å². The number of nitrogens with one attached hydrogen (secondary N) is 2. The summed E-state index contributed by atoms with van der Waals surface area (Å²) in [6, 6.07) is 3.91. The van der Waals surface area contributed by atoms with Gasteiger partial charge in [-0.1, -0.05) is 0 Å². The molecule has 0 saturated heterocycles. The predicted octanol–water partition coefficient (Wildman–Crippen LogP) is 2.11. The molecule has 0 atom stereocenters. The molecule has 2 rings (SSSR count). The van der Waals surface area contributed by atoms with E-state index in [4.69, 9.17) is 9.47 Å². The van der Waals surface area contributed by atoms with Crippen molar-refractivity contribution >= 4 is 39.6 Å². The second-order valence-electron chi connectivity index (χ2n) is 4.81. The van der Waals surface area contributed by atoms with E-state index in [1.54, 1.807) is 18.4 Å². The first kappa shape index (κ1) is 18.5. The molecule has 2 heterocycles. The molecule has 2 amide bonds. The van der Waals surface area contributed by atoms with E-state index in [1.165, 1.54) is 18.3 Å². The molecule has 7 nitrogen and oxygen atoms in total. The molecule has 2 aromatic heterocycles. The van der Waals surface area contributed by atoms with Gasteiger partial charge in [-0.25, -0.2) is 4.98 Å². The fourth-order valence-corrected chi connectivity index (χ4v) is 3.44. The Hall–Kier alpha value is -1.81. The molecule has 0 aliphatic rings. The maximum Gasteiger partial charge on any atom is 0.252 e. The summed E-state index contributed by atoms with van der Waals surface area (Å²) in [6.07, 6.45) is 0. The van der Waals surface area contributed by atoms with Crippen LogP contribution in [0.3, 0.4) is 0 Å². The summed E-state index contributed by atoms with van der Waals surface area (Å²) in [5.41, 5.74) is 0.801. The minimum atomic E-state index is -0.246. The van der Waals surface area contributed by atoms with E-state index in [-0.39, 0.29) is 18.4 Å². The van der Waals surface area contributed by atoms with E-state index in [2.05, 4.69) is 15.6 Å². The van der Waals surface area contributed by atoms with Crippen LogP contribution in [-0.4, -0.2) is 43.7 Å². The molecule has 0 aromatic carbocycles. The third-order valence-corrected chi connectivity index (χ3v) is 4.71. The van der Waals surface area contributed by atoms with Crippen molar-refractivity contribution in [3.63, 3.8) is 0 Å². The Morgan fingerprint density at radius 1 is 1.29 bits per heavy atom. The number of methoxy groups -OCH3 is 1. The van der Waals surface area contributed by atoms with Crippen molar-refractivity contribution in [3.05, 3.63) is 22.4 Å². The number of hydrogen-bond acceptors (Lipinski definition) is 7. The van der Waals surface area contributed by atoms with E-state index in [1.807, 2.05) is 17.5 Å². The van der Waals surface area contributed by atoms with E-state index < -0.39 is 0 Å². The summed E-state index contributed by atoms with van der Waals surface area (Å²) in [4.78, 5) is 29.1. The van der Waals surface area contributed by atoms with Crippen LogP contribution in [0.2, 0.25) is 0 Å². The molecule has 24 heavy (non-hydrogen) atoms. The van der Waals surface area contributed by atoms with Crippen LogP contribution in [0.1, 0.15) is 11.8 Å². The fraction of sp³-hybridized carbons (Fsp3) is 0.400. The molecule has 0 saturated carbocycles. The summed E-state index contributed by atoms with van der Waals surface area (Å²) in [6.45, 7) is 2.79. The van der Waals surface area contributed by atoms with Crippen molar-refractivity contribution in [1.82, 2.24) is 10.3 Å². The molecular weight excluding hydrogens is 350 g/mol. The number of carbonyl (C=O) groups is 2. The van der Waals surface area contributed by atoms with Crippen LogP contribution >= 0.6 is 22.7 Å². The Morgan fingerprint density at radius 3 is 2.88 bits per heavy atom. The Bertz CT molecular complexity index is 684. The van der Waals surface area contributed by atoms with E-state index in [0.717, 1.165) is 15.4 Å². The summed E-state index contributed by atoms with van der Waals surface area (Å²) in [5.74, 6) is -0.305. The highest BCUT2D eigenvalue weighted by Gasteiger charge is 2.10. The highest BCUT2D eigenvalue weighted by atomic mass is 32.1. The number of rotatable bonds is 9. The highest BCUT2D eigenvalue weighted by Crippen LogP contribution is 2.30. The lowest BCUT2D eigenvalue weighted by Crippen LogP contribution is -2.19. The van der Waals surface area contributed by atoms with Crippen LogP contribution in [0, 0.1) is 0 Å². The highest BCUT2D eigenvalue weighted by molar-refractivity contribution is 7.17. The number of thiophene rings is 1. The molecule has 130 valence electrons. The first-order valence-electron chi connectivity index (χ1n) is 7.24. The number of thiazole rings is 1. The van der Waals surface area contributed by atoms with Gasteiger partial charge in [0.1, 0.15) is 6.61 Å². The average molecular weight is 369 g/mol. The zero-order valence-corrected chi connectivity index (χ0v) is 15.1. The molecule has 0 aliphatic carbocycles. The van der Waals surface area contributed by atoms with Gasteiger partial charge in [0, 0.05) is 24.3 Å². The molecule has 0 unspecified atom stereocenters. The van der Waals surface area contributed by atoms with Gasteiger partial charge in [0.15, 0.2) is 5.13 Å².